The Morgan fingerprint density at radius 2 is 1.00 bits per heavy atom. The molecule has 0 aliphatic carbocycles. The number of rotatable bonds is 0. The van der Waals surface area contributed by atoms with E-state index in [-0.39, 0.29) is 143 Å². The molecule has 0 amide bonds. The molecule has 0 atom stereocenters. The summed E-state index contributed by atoms with van der Waals surface area (Å²) in [5.74, 6) is 0. The van der Waals surface area contributed by atoms with Crippen molar-refractivity contribution in [3.05, 3.63) is 0 Å². The van der Waals surface area contributed by atoms with Gasteiger partial charge in [-0.05, 0) is 0 Å². The van der Waals surface area contributed by atoms with Crippen molar-refractivity contribution in [2.45, 2.75) is 0 Å². The maximum absolute atomic E-state index is 0. The molecule has 6 heteroatoms. The first-order valence-corrected chi connectivity index (χ1v) is 0. The summed E-state index contributed by atoms with van der Waals surface area (Å²) in [5.41, 5.74) is 0. The van der Waals surface area contributed by atoms with Gasteiger partial charge in [-0.1, -0.05) is 0 Å². The SMILES string of the molecule is [BiH3].[GaH3].[InH3].[PbH2].[SnH2].[Zn]. The van der Waals surface area contributed by atoms with Gasteiger partial charge in [-0.2, -0.15) is 0 Å². The molecule has 0 fully saturated rings. The van der Waals surface area contributed by atoms with Gasteiger partial charge in [0.2, 0.25) is 0 Å². The Bertz CT molecular complexity index is 15.5. The van der Waals surface area contributed by atoms with E-state index in [1.54, 1.807) is 0 Å². The van der Waals surface area contributed by atoms with E-state index in [9.17, 15) is 0 Å². The topological polar surface area (TPSA) is 0 Å². The maximum Gasteiger partial charge on any atom is 0 e. The average molecular weight is 798 g/mol. The fourth-order valence-electron chi connectivity index (χ4n) is 0. The molecule has 0 aromatic carbocycles. The molecular formula is H13BiGaInPbSnZn. The van der Waals surface area contributed by atoms with Crippen molar-refractivity contribution in [3.8, 4) is 0 Å². The summed E-state index contributed by atoms with van der Waals surface area (Å²) in [4.78, 5) is 0. The number of hydrogen-bond donors (Lipinski definition) is 0. The smallest absolute Gasteiger partial charge is 0 e. The molecule has 0 aromatic rings. The van der Waals surface area contributed by atoms with Crippen molar-refractivity contribution in [2.75, 3.05) is 0 Å². The van der Waals surface area contributed by atoms with Crippen LogP contribution in [-0.2, 0) is 19.5 Å². The first-order chi connectivity index (χ1) is 0. The third-order valence-corrected chi connectivity index (χ3v) is 0. The fourth-order valence-corrected chi connectivity index (χ4v) is 0. The molecule has 0 nitrogen and oxygen atoms in total. The summed E-state index contributed by atoms with van der Waals surface area (Å²) in [5, 5.41) is 0. The zero-order chi connectivity index (χ0) is 0. The molecule has 0 spiro atoms. The molecular weight excluding hydrogens is 785 g/mol. The van der Waals surface area contributed by atoms with E-state index in [0.29, 0.717) is 0 Å². The minimum atomic E-state index is 0. The molecule has 0 saturated carbocycles. The van der Waals surface area contributed by atoms with Crippen LogP contribution in [0.25, 0.3) is 0 Å². The Hall–Kier alpha value is 4.73. The average Bonchev–Trinajstić information content (AvgIpc) is 0. The van der Waals surface area contributed by atoms with E-state index in [0.717, 1.165) is 0 Å². The minimum absolute atomic E-state index is 0. The molecule has 0 aliphatic rings. The number of hydrogen-bond acceptors (Lipinski definition) is 0. The molecule has 0 aromatic heterocycles. The van der Waals surface area contributed by atoms with Crippen molar-refractivity contribution in [2.24, 2.45) is 0 Å². The monoisotopic (exact) mass is 798 g/mol. The Morgan fingerprint density at radius 3 is 1.00 bits per heavy atom. The first kappa shape index (κ1) is 45.4. The van der Waals surface area contributed by atoms with Crippen LogP contribution in [-0.4, -0.2) is 123 Å². The van der Waals surface area contributed by atoms with Gasteiger partial charge in [-0.3, -0.25) is 0 Å². The molecule has 0 N–H and O–H groups in total. The van der Waals surface area contributed by atoms with Crippen LogP contribution in [0, 0.1) is 0 Å². The van der Waals surface area contributed by atoms with Crippen molar-refractivity contribution >= 4 is 123 Å². The second-order valence-electron chi connectivity index (χ2n) is 0. The van der Waals surface area contributed by atoms with Crippen LogP contribution in [0.3, 0.4) is 0 Å². The van der Waals surface area contributed by atoms with Crippen molar-refractivity contribution in [1.29, 1.82) is 0 Å². The minimum Gasteiger partial charge on any atom is 0 e. The summed E-state index contributed by atoms with van der Waals surface area (Å²) in [6.45, 7) is 0. The van der Waals surface area contributed by atoms with Crippen LogP contribution >= 0.6 is 0 Å². The molecule has 0 aliphatic heterocycles. The zero-order valence-electron chi connectivity index (χ0n) is 2.83. The standard InChI is InChI=1S/Bi.Ga.In.Pb.Sn.Zn.13H. The van der Waals surface area contributed by atoms with E-state index < -0.39 is 0 Å². The molecule has 0 rings (SSSR count). The predicted octanol–water partition coefficient (Wildman–Crippen LogP) is -5.39. The van der Waals surface area contributed by atoms with E-state index in [2.05, 4.69) is 0 Å². The van der Waals surface area contributed by atoms with E-state index in [1.807, 2.05) is 0 Å². The Balaban J connectivity index is 0. The fraction of sp³-hybridized carbons (Fsp3) is 0. The summed E-state index contributed by atoms with van der Waals surface area (Å²) in [6, 6.07) is 0. The Labute approximate surface area is 139 Å². The predicted molar refractivity (Wildman–Crippen MR) is 46.9 cm³/mol. The normalized spacial score (nSPS) is 0. The largest absolute Gasteiger partial charge is 0 e. The van der Waals surface area contributed by atoms with Gasteiger partial charge in [0.1, 0.15) is 0 Å². The Morgan fingerprint density at radius 1 is 1.00 bits per heavy atom. The molecule has 6 heavy (non-hydrogen) atoms. The molecule has 34 valence electrons. The van der Waals surface area contributed by atoms with E-state index in [1.165, 1.54) is 0 Å². The van der Waals surface area contributed by atoms with E-state index >= 15 is 0 Å². The van der Waals surface area contributed by atoms with Crippen LogP contribution in [0.2, 0.25) is 0 Å². The van der Waals surface area contributed by atoms with Crippen LogP contribution in [0.5, 0.6) is 0 Å². The molecule has 0 saturated heterocycles. The van der Waals surface area contributed by atoms with Crippen LogP contribution in [0.4, 0.5) is 0 Å². The summed E-state index contributed by atoms with van der Waals surface area (Å²) < 4.78 is 0. The molecule has 4 radical (unpaired) electrons. The van der Waals surface area contributed by atoms with Crippen LogP contribution < -0.4 is 0 Å². The van der Waals surface area contributed by atoms with Gasteiger partial charge >= 0.3 is 123 Å². The molecule has 0 bridgehead atoms. The first-order valence-electron chi connectivity index (χ1n) is 0. The quantitative estimate of drug-likeness (QED) is 0.215. The maximum atomic E-state index is 0. The Kier molecular flexibility index (Phi) is 251. The van der Waals surface area contributed by atoms with Crippen LogP contribution in [0.15, 0.2) is 0 Å². The third kappa shape index (κ3) is 23.3. The van der Waals surface area contributed by atoms with Gasteiger partial charge < -0.3 is 0 Å². The molecule has 0 heterocycles. The molecule has 0 unspecified atom stereocenters. The van der Waals surface area contributed by atoms with Gasteiger partial charge in [-0.15, -0.1) is 0 Å². The van der Waals surface area contributed by atoms with Gasteiger partial charge in [-0.25, -0.2) is 0 Å². The van der Waals surface area contributed by atoms with Gasteiger partial charge in [0.05, 0.1) is 0 Å². The van der Waals surface area contributed by atoms with Crippen LogP contribution in [0.1, 0.15) is 0 Å². The zero-order valence-corrected chi connectivity index (χ0v) is 20.8. The summed E-state index contributed by atoms with van der Waals surface area (Å²) >= 11 is 0. The van der Waals surface area contributed by atoms with Gasteiger partial charge in [0.25, 0.3) is 0 Å². The second kappa shape index (κ2) is 33.1. The van der Waals surface area contributed by atoms with Gasteiger partial charge in [0.15, 0.2) is 0 Å². The third-order valence-electron chi connectivity index (χ3n) is 0. The van der Waals surface area contributed by atoms with Crippen molar-refractivity contribution in [1.82, 2.24) is 0 Å². The van der Waals surface area contributed by atoms with Crippen molar-refractivity contribution in [3.63, 3.8) is 0 Å². The summed E-state index contributed by atoms with van der Waals surface area (Å²) in [6.07, 6.45) is 0. The summed E-state index contributed by atoms with van der Waals surface area (Å²) in [7, 11) is 0. The van der Waals surface area contributed by atoms with Crippen molar-refractivity contribution < 1.29 is 19.5 Å². The second-order valence-corrected chi connectivity index (χ2v) is 0. The van der Waals surface area contributed by atoms with Gasteiger partial charge in [0, 0.05) is 19.5 Å². The van der Waals surface area contributed by atoms with E-state index in [4.69, 9.17) is 0 Å².